The second-order valence-electron chi connectivity index (χ2n) is 4.65. The molecule has 0 fully saturated rings. The standard InChI is InChI=1S/C15H17NO4S/c1-2-16(10-9-15(17)18)21(19,20)14-8-7-12-5-3-4-6-13(12)11-14/h3-8,11H,2,9-10H2,1H3,(H,17,18). The van der Waals surface area contributed by atoms with Crippen LogP contribution in [0.1, 0.15) is 13.3 Å². The smallest absolute Gasteiger partial charge is 0.304 e. The van der Waals surface area contributed by atoms with Crippen LogP contribution in [0.3, 0.4) is 0 Å². The zero-order valence-electron chi connectivity index (χ0n) is 11.7. The monoisotopic (exact) mass is 307 g/mol. The third-order valence-corrected chi connectivity index (χ3v) is 5.26. The Bertz CT molecular complexity index is 755. The second-order valence-corrected chi connectivity index (χ2v) is 6.59. The zero-order chi connectivity index (χ0) is 15.5. The fraction of sp³-hybridized carbons (Fsp3) is 0.267. The largest absolute Gasteiger partial charge is 0.481 e. The molecular weight excluding hydrogens is 290 g/mol. The fourth-order valence-corrected chi connectivity index (χ4v) is 3.63. The van der Waals surface area contributed by atoms with Crippen LogP contribution < -0.4 is 0 Å². The molecule has 0 aliphatic heterocycles. The van der Waals surface area contributed by atoms with Crippen molar-refractivity contribution >= 4 is 26.8 Å². The SMILES string of the molecule is CCN(CCC(=O)O)S(=O)(=O)c1ccc2ccccc2c1. The molecule has 112 valence electrons. The first kappa shape index (κ1) is 15.5. The topological polar surface area (TPSA) is 74.7 Å². The molecule has 0 radical (unpaired) electrons. The van der Waals surface area contributed by atoms with E-state index in [2.05, 4.69) is 0 Å². The van der Waals surface area contributed by atoms with E-state index in [1.54, 1.807) is 25.1 Å². The molecular formula is C15H17NO4S. The third-order valence-electron chi connectivity index (χ3n) is 3.29. The molecule has 2 rings (SSSR count). The number of fused-ring (bicyclic) bond motifs is 1. The summed E-state index contributed by atoms with van der Waals surface area (Å²) in [6.07, 6.45) is -0.208. The van der Waals surface area contributed by atoms with Crippen molar-refractivity contribution in [2.45, 2.75) is 18.2 Å². The third kappa shape index (κ3) is 3.40. The Morgan fingerprint density at radius 1 is 1.14 bits per heavy atom. The van der Waals surface area contributed by atoms with E-state index in [4.69, 9.17) is 5.11 Å². The molecule has 0 spiro atoms. The van der Waals surface area contributed by atoms with Crippen molar-refractivity contribution in [1.29, 1.82) is 0 Å². The van der Waals surface area contributed by atoms with E-state index in [-0.39, 0.29) is 24.4 Å². The van der Waals surface area contributed by atoms with E-state index < -0.39 is 16.0 Å². The van der Waals surface area contributed by atoms with E-state index in [1.807, 2.05) is 24.3 Å². The first-order valence-electron chi connectivity index (χ1n) is 6.66. The van der Waals surface area contributed by atoms with Crippen molar-refractivity contribution in [2.24, 2.45) is 0 Å². The summed E-state index contributed by atoms with van der Waals surface area (Å²) in [6, 6.07) is 12.4. The van der Waals surface area contributed by atoms with Crippen molar-refractivity contribution in [3.8, 4) is 0 Å². The van der Waals surface area contributed by atoms with E-state index >= 15 is 0 Å². The minimum Gasteiger partial charge on any atom is -0.481 e. The maximum atomic E-state index is 12.6. The highest BCUT2D eigenvalue weighted by Gasteiger charge is 2.23. The average Bonchev–Trinajstić information content (AvgIpc) is 2.46. The number of carboxylic acids is 1. The Balaban J connectivity index is 2.37. The summed E-state index contributed by atoms with van der Waals surface area (Å²) in [5, 5.41) is 10.5. The number of benzene rings is 2. The molecule has 0 saturated carbocycles. The molecule has 2 aromatic carbocycles. The Morgan fingerprint density at radius 2 is 1.81 bits per heavy atom. The Morgan fingerprint density at radius 3 is 2.43 bits per heavy atom. The predicted octanol–water partition coefficient (Wildman–Crippen LogP) is 2.33. The Labute approximate surface area is 123 Å². The fourth-order valence-electron chi connectivity index (χ4n) is 2.15. The molecule has 0 aliphatic rings. The first-order chi connectivity index (χ1) is 9.95. The van der Waals surface area contributed by atoms with Crippen molar-refractivity contribution in [1.82, 2.24) is 4.31 Å². The lowest BCUT2D eigenvalue weighted by molar-refractivity contribution is -0.137. The lowest BCUT2D eigenvalue weighted by Crippen LogP contribution is -2.32. The summed E-state index contributed by atoms with van der Waals surface area (Å²) in [5.74, 6) is -1.01. The van der Waals surface area contributed by atoms with Crippen LogP contribution >= 0.6 is 0 Å². The summed E-state index contributed by atoms with van der Waals surface area (Å²) in [4.78, 5) is 10.8. The van der Waals surface area contributed by atoms with Crippen LogP contribution in [0.2, 0.25) is 0 Å². The van der Waals surface area contributed by atoms with Gasteiger partial charge in [-0.25, -0.2) is 8.42 Å². The molecule has 21 heavy (non-hydrogen) atoms. The van der Waals surface area contributed by atoms with Crippen molar-refractivity contribution in [3.63, 3.8) is 0 Å². The lowest BCUT2D eigenvalue weighted by Gasteiger charge is -2.19. The van der Waals surface area contributed by atoms with Gasteiger partial charge in [-0.05, 0) is 22.9 Å². The molecule has 0 unspecified atom stereocenters. The quantitative estimate of drug-likeness (QED) is 0.888. The Hall–Kier alpha value is -1.92. The molecule has 0 amide bonds. The molecule has 0 atom stereocenters. The number of rotatable bonds is 6. The lowest BCUT2D eigenvalue weighted by atomic mass is 10.1. The van der Waals surface area contributed by atoms with Gasteiger partial charge < -0.3 is 5.11 Å². The van der Waals surface area contributed by atoms with Crippen molar-refractivity contribution < 1.29 is 18.3 Å². The van der Waals surface area contributed by atoms with E-state index in [1.165, 1.54) is 4.31 Å². The maximum Gasteiger partial charge on any atom is 0.304 e. The van der Waals surface area contributed by atoms with Gasteiger partial charge in [-0.3, -0.25) is 4.79 Å². The van der Waals surface area contributed by atoms with Crippen LogP contribution in [-0.2, 0) is 14.8 Å². The van der Waals surface area contributed by atoms with Gasteiger partial charge in [-0.2, -0.15) is 4.31 Å². The normalized spacial score (nSPS) is 11.9. The minimum absolute atomic E-state index is 0.0268. The maximum absolute atomic E-state index is 12.6. The van der Waals surface area contributed by atoms with Gasteiger partial charge in [0, 0.05) is 13.1 Å². The molecule has 2 aromatic rings. The van der Waals surface area contributed by atoms with Crippen LogP contribution in [0.15, 0.2) is 47.4 Å². The highest BCUT2D eigenvalue weighted by atomic mass is 32.2. The summed E-state index contributed by atoms with van der Waals surface area (Å²) in [5.41, 5.74) is 0. The number of hydrogen-bond acceptors (Lipinski definition) is 3. The van der Waals surface area contributed by atoms with E-state index in [9.17, 15) is 13.2 Å². The summed E-state index contributed by atoms with van der Waals surface area (Å²) < 4.78 is 26.3. The number of sulfonamides is 1. The number of nitrogens with zero attached hydrogens (tertiary/aromatic N) is 1. The number of hydrogen-bond donors (Lipinski definition) is 1. The summed E-state index contributed by atoms with van der Waals surface area (Å²) >= 11 is 0. The minimum atomic E-state index is -3.67. The molecule has 5 nitrogen and oxygen atoms in total. The van der Waals surface area contributed by atoms with Crippen LogP contribution in [0, 0.1) is 0 Å². The van der Waals surface area contributed by atoms with Crippen molar-refractivity contribution in [3.05, 3.63) is 42.5 Å². The van der Waals surface area contributed by atoms with Crippen LogP contribution in [-0.4, -0.2) is 36.9 Å². The van der Waals surface area contributed by atoms with Gasteiger partial charge in [0.25, 0.3) is 0 Å². The predicted molar refractivity (Wildman–Crippen MR) is 80.6 cm³/mol. The van der Waals surface area contributed by atoms with Crippen molar-refractivity contribution in [2.75, 3.05) is 13.1 Å². The highest BCUT2D eigenvalue weighted by Crippen LogP contribution is 2.22. The zero-order valence-corrected chi connectivity index (χ0v) is 12.5. The van der Waals surface area contributed by atoms with E-state index in [0.29, 0.717) is 0 Å². The van der Waals surface area contributed by atoms with Gasteiger partial charge in [0.15, 0.2) is 0 Å². The van der Waals surface area contributed by atoms with Gasteiger partial charge in [0.1, 0.15) is 0 Å². The number of carbonyl (C=O) groups is 1. The first-order valence-corrected chi connectivity index (χ1v) is 8.10. The van der Waals surface area contributed by atoms with Gasteiger partial charge in [0.05, 0.1) is 11.3 Å². The molecule has 1 N–H and O–H groups in total. The van der Waals surface area contributed by atoms with Gasteiger partial charge in [0.2, 0.25) is 10.0 Å². The summed E-state index contributed by atoms with van der Waals surface area (Å²) in [6.45, 7) is 1.91. The highest BCUT2D eigenvalue weighted by molar-refractivity contribution is 7.89. The van der Waals surface area contributed by atoms with Gasteiger partial charge in [-0.15, -0.1) is 0 Å². The summed E-state index contributed by atoms with van der Waals surface area (Å²) in [7, 11) is -3.67. The molecule has 0 aliphatic carbocycles. The Kier molecular flexibility index (Phi) is 4.59. The molecule has 0 aromatic heterocycles. The van der Waals surface area contributed by atoms with Gasteiger partial charge >= 0.3 is 5.97 Å². The second kappa shape index (κ2) is 6.24. The van der Waals surface area contributed by atoms with Crippen LogP contribution in [0.5, 0.6) is 0 Å². The van der Waals surface area contributed by atoms with Crippen LogP contribution in [0.4, 0.5) is 0 Å². The molecule has 0 heterocycles. The van der Waals surface area contributed by atoms with E-state index in [0.717, 1.165) is 10.8 Å². The van der Waals surface area contributed by atoms with Gasteiger partial charge in [-0.1, -0.05) is 37.3 Å². The average molecular weight is 307 g/mol. The van der Waals surface area contributed by atoms with Crippen LogP contribution in [0.25, 0.3) is 10.8 Å². The molecule has 0 saturated heterocycles. The number of aliphatic carboxylic acids is 1. The number of carboxylic acid groups (broad SMARTS) is 1. The molecule has 0 bridgehead atoms. The molecule has 6 heteroatoms.